The molecule has 0 heteroatoms. The Morgan fingerprint density at radius 3 is 1.71 bits per heavy atom. The lowest BCUT2D eigenvalue weighted by molar-refractivity contribution is 0.549. The van der Waals surface area contributed by atoms with E-state index in [4.69, 9.17) is 0 Å². The molecule has 0 aliphatic rings. The molecule has 162 valence electrons. The molecule has 0 radical (unpaired) electrons. The molecule has 0 aliphatic heterocycles. The van der Waals surface area contributed by atoms with E-state index < -0.39 is 0 Å². The van der Waals surface area contributed by atoms with E-state index in [-0.39, 0.29) is 0 Å². The zero-order chi connectivity index (χ0) is 21.3. The highest BCUT2D eigenvalue weighted by atomic mass is 14.1. The summed E-state index contributed by atoms with van der Waals surface area (Å²) in [7, 11) is 0. The maximum atomic E-state index is 2.42. The summed E-state index contributed by atoms with van der Waals surface area (Å²) in [5.74, 6) is 0. The Kier molecular flexibility index (Phi) is 7.99. The normalized spacial score (nSPS) is 11.6. The Morgan fingerprint density at radius 1 is 0.452 bits per heavy atom. The highest BCUT2D eigenvalue weighted by Gasteiger charge is 2.05. The first-order chi connectivity index (χ1) is 15.4. The minimum Gasteiger partial charge on any atom is -0.0654 e. The maximum Gasteiger partial charge on any atom is -0.00990 e. The van der Waals surface area contributed by atoms with Crippen molar-refractivity contribution < 1.29 is 0 Å². The van der Waals surface area contributed by atoms with Crippen molar-refractivity contribution in [3.05, 3.63) is 72.3 Å². The van der Waals surface area contributed by atoms with Crippen LogP contribution in [0.4, 0.5) is 0 Å². The molecule has 0 aromatic heterocycles. The summed E-state index contributed by atoms with van der Waals surface area (Å²) in [4.78, 5) is 0. The molecule has 0 heterocycles. The Labute approximate surface area is 188 Å². The number of aryl methyl sites for hydroxylation is 1. The Balaban J connectivity index is 1.28. The Bertz CT molecular complexity index is 1100. The summed E-state index contributed by atoms with van der Waals surface area (Å²) in [5, 5.41) is 8.17. The van der Waals surface area contributed by atoms with E-state index in [2.05, 4.69) is 73.7 Å². The minimum atomic E-state index is 1.21. The van der Waals surface area contributed by atoms with Crippen LogP contribution in [0.25, 0.3) is 32.3 Å². The number of rotatable bonds is 12. The van der Waals surface area contributed by atoms with E-state index in [0.29, 0.717) is 0 Å². The van der Waals surface area contributed by atoms with Gasteiger partial charge in [0.05, 0.1) is 0 Å². The molecular weight excluding hydrogens is 372 g/mol. The van der Waals surface area contributed by atoms with Gasteiger partial charge in [0.1, 0.15) is 0 Å². The van der Waals surface area contributed by atoms with Crippen LogP contribution in [0.5, 0.6) is 0 Å². The van der Waals surface area contributed by atoms with Crippen LogP contribution in [0.15, 0.2) is 66.7 Å². The number of fused-ring (bicyclic) bond motifs is 5. The SMILES string of the molecule is CCCCCCCCCCCCCc1ccc2c(ccc3c4ccccc4ccc23)c1. The van der Waals surface area contributed by atoms with Crippen LogP contribution in [0.2, 0.25) is 0 Å². The van der Waals surface area contributed by atoms with Crippen molar-refractivity contribution >= 4 is 32.3 Å². The second kappa shape index (κ2) is 11.3. The van der Waals surface area contributed by atoms with Crippen molar-refractivity contribution in [2.75, 3.05) is 0 Å². The second-order valence-electron chi connectivity index (χ2n) is 9.29. The predicted octanol–water partition coefficient (Wildman–Crippen LogP) is 10.00. The number of hydrogen-bond acceptors (Lipinski definition) is 0. The van der Waals surface area contributed by atoms with Gasteiger partial charge in [0, 0.05) is 0 Å². The average molecular weight is 411 g/mol. The summed E-state index contributed by atoms with van der Waals surface area (Å²) in [5.41, 5.74) is 1.49. The van der Waals surface area contributed by atoms with E-state index in [0.717, 1.165) is 0 Å². The predicted molar refractivity (Wildman–Crippen MR) is 139 cm³/mol. The fraction of sp³-hybridized carbons (Fsp3) is 0.419. The van der Waals surface area contributed by atoms with Crippen molar-refractivity contribution in [1.82, 2.24) is 0 Å². The molecule has 0 N–H and O–H groups in total. The molecule has 0 amide bonds. The summed E-state index contributed by atoms with van der Waals surface area (Å²) >= 11 is 0. The van der Waals surface area contributed by atoms with Gasteiger partial charge in [-0.2, -0.15) is 0 Å². The molecule has 0 aliphatic carbocycles. The monoisotopic (exact) mass is 410 g/mol. The lowest BCUT2D eigenvalue weighted by atomic mass is 9.95. The van der Waals surface area contributed by atoms with Crippen molar-refractivity contribution in [2.45, 2.75) is 84.0 Å². The van der Waals surface area contributed by atoms with Crippen molar-refractivity contribution in [2.24, 2.45) is 0 Å². The zero-order valence-corrected chi connectivity index (χ0v) is 19.3. The molecule has 4 aromatic rings. The fourth-order valence-corrected chi connectivity index (χ4v) is 5.03. The van der Waals surface area contributed by atoms with Crippen molar-refractivity contribution in [3.8, 4) is 0 Å². The summed E-state index contributed by atoms with van der Waals surface area (Å²) in [6, 6.07) is 25.0. The van der Waals surface area contributed by atoms with Crippen LogP contribution in [0, 0.1) is 0 Å². The average Bonchev–Trinajstić information content (AvgIpc) is 2.82. The summed E-state index contributed by atoms with van der Waals surface area (Å²) in [6.45, 7) is 2.29. The van der Waals surface area contributed by atoms with Gasteiger partial charge >= 0.3 is 0 Å². The van der Waals surface area contributed by atoms with Gasteiger partial charge in [0.2, 0.25) is 0 Å². The van der Waals surface area contributed by atoms with Gasteiger partial charge < -0.3 is 0 Å². The third kappa shape index (κ3) is 5.67. The highest BCUT2D eigenvalue weighted by molar-refractivity contribution is 6.17. The molecule has 0 atom stereocenters. The third-order valence-corrected chi connectivity index (χ3v) is 6.88. The lowest BCUT2D eigenvalue weighted by Crippen LogP contribution is -1.88. The van der Waals surface area contributed by atoms with Crippen LogP contribution >= 0.6 is 0 Å². The quantitative estimate of drug-likeness (QED) is 0.161. The van der Waals surface area contributed by atoms with Gasteiger partial charge in [-0.25, -0.2) is 0 Å². The van der Waals surface area contributed by atoms with Gasteiger partial charge in [0.15, 0.2) is 0 Å². The maximum absolute atomic E-state index is 2.42. The van der Waals surface area contributed by atoms with E-state index in [1.54, 1.807) is 0 Å². The van der Waals surface area contributed by atoms with Gasteiger partial charge in [-0.1, -0.05) is 138 Å². The molecule has 0 saturated carbocycles. The summed E-state index contributed by atoms with van der Waals surface area (Å²) < 4.78 is 0. The van der Waals surface area contributed by atoms with Gasteiger partial charge in [-0.15, -0.1) is 0 Å². The van der Waals surface area contributed by atoms with Gasteiger partial charge in [0.25, 0.3) is 0 Å². The van der Waals surface area contributed by atoms with E-state index in [9.17, 15) is 0 Å². The van der Waals surface area contributed by atoms with Gasteiger partial charge in [-0.05, 0) is 50.7 Å². The van der Waals surface area contributed by atoms with Gasteiger partial charge in [-0.3, -0.25) is 0 Å². The number of benzene rings is 4. The van der Waals surface area contributed by atoms with Crippen LogP contribution in [0.1, 0.15) is 83.1 Å². The molecule has 31 heavy (non-hydrogen) atoms. The molecule has 0 bridgehead atoms. The molecule has 0 saturated heterocycles. The first kappa shape index (κ1) is 21.9. The minimum absolute atomic E-state index is 1.21. The topological polar surface area (TPSA) is 0 Å². The molecule has 0 spiro atoms. The molecule has 0 fully saturated rings. The second-order valence-corrected chi connectivity index (χ2v) is 9.29. The van der Waals surface area contributed by atoms with E-state index in [1.807, 2.05) is 0 Å². The smallest absolute Gasteiger partial charge is 0.00990 e. The highest BCUT2D eigenvalue weighted by Crippen LogP contribution is 2.31. The van der Waals surface area contributed by atoms with E-state index >= 15 is 0 Å². The summed E-state index contributed by atoms with van der Waals surface area (Å²) in [6.07, 6.45) is 16.7. The number of unbranched alkanes of at least 4 members (excludes halogenated alkanes) is 10. The fourth-order valence-electron chi connectivity index (χ4n) is 5.03. The number of hydrogen-bond donors (Lipinski definition) is 0. The molecule has 4 aromatic carbocycles. The largest absolute Gasteiger partial charge is 0.0654 e. The van der Waals surface area contributed by atoms with Crippen molar-refractivity contribution in [3.63, 3.8) is 0 Å². The Hall–Kier alpha value is -2.34. The van der Waals surface area contributed by atoms with E-state index in [1.165, 1.54) is 115 Å². The standard InChI is InChI=1S/C31H38/c1-2-3-4-5-6-7-8-9-10-11-12-15-25-18-21-29-27(24-25)20-23-30-28-17-14-13-16-26(28)19-22-31(29)30/h13-14,16-24H,2-12,15H2,1H3. The van der Waals surface area contributed by atoms with Crippen LogP contribution in [-0.2, 0) is 6.42 Å². The van der Waals surface area contributed by atoms with Crippen LogP contribution in [0.3, 0.4) is 0 Å². The molecule has 4 rings (SSSR count). The van der Waals surface area contributed by atoms with Crippen LogP contribution < -0.4 is 0 Å². The van der Waals surface area contributed by atoms with Crippen LogP contribution in [-0.4, -0.2) is 0 Å². The third-order valence-electron chi connectivity index (χ3n) is 6.88. The zero-order valence-electron chi connectivity index (χ0n) is 19.3. The van der Waals surface area contributed by atoms with Crippen molar-refractivity contribution in [1.29, 1.82) is 0 Å². The first-order valence-electron chi connectivity index (χ1n) is 12.7. The Morgan fingerprint density at radius 2 is 1.00 bits per heavy atom. The molecular formula is C31H38. The molecule has 0 unspecified atom stereocenters. The lowest BCUT2D eigenvalue weighted by Gasteiger charge is -2.09. The molecule has 0 nitrogen and oxygen atoms in total. The first-order valence-corrected chi connectivity index (χ1v) is 12.7.